The molecular weight excluding hydrogens is 389 g/mol. The van der Waals surface area contributed by atoms with Gasteiger partial charge in [-0.15, -0.1) is 0 Å². The highest BCUT2D eigenvalue weighted by atomic mass is 19.1. The maximum absolute atomic E-state index is 14.4. The highest BCUT2D eigenvalue weighted by molar-refractivity contribution is 5.93. The molecule has 0 saturated heterocycles. The minimum atomic E-state index is -0.683. The number of benzene rings is 3. The number of amides is 1. The number of nitrogens with one attached hydrogen (secondary N) is 1. The van der Waals surface area contributed by atoms with Gasteiger partial charge in [0.2, 0.25) is 0 Å². The van der Waals surface area contributed by atoms with Gasteiger partial charge in [0.05, 0.1) is 23.1 Å². The Bertz CT molecular complexity index is 1370. The smallest absolute Gasteiger partial charge is 0.288 e. The lowest BCUT2D eigenvalue weighted by Gasteiger charge is -2.15. The minimum Gasteiger partial charge on any atom is -0.288 e. The number of carbonyl (C=O) groups excluding carboxylic acids is 1. The van der Waals surface area contributed by atoms with E-state index in [4.69, 9.17) is 5.21 Å². The van der Waals surface area contributed by atoms with Crippen LogP contribution in [0.15, 0.2) is 82.4 Å². The second kappa shape index (κ2) is 7.76. The van der Waals surface area contributed by atoms with Crippen molar-refractivity contribution in [2.75, 3.05) is 0 Å². The van der Waals surface area contributed by atoms with Gasteiger partial charge in [0, 0.05) is 5.56 Å². The predicted octanol–water partition coefficient (Wildman–Crippen LogP) is 2.46. The number of aromatic nitrogens is 2. The van der Waals surface area contributed by atoms with E-state index in [2.05, 4.69) is 0 Å². The molecule has 1 heterocycles. The minimum absolute atomic E-state index is 0.0924. The van der Waals surface area contributed by atoms with Crippen LogP contribution < -0.4 is 16.7 Å². The Morgan fingerprint density at radius 2 is 1.60 bits per heavy atom. The van der Waals surface area contributed by atoms with Crippen LogP contribution in [0.25, 0.3) is 16.6 Å². The second-order valence-corrected chi connectivity index (χ2v) is 6.62. The van der Waals surface area contributed by atoms with Gasteiger partial charge in [-0.3, -0.25) is 19.4 Å². The molecule has 8 heteroatoms. The Hall–Kier alpha value is -4.04. The summed E-state index contributed by atoms with van der Waals surface area (Å²) in [6, 6.07) is 18.5. The zero-order valence-corrected chi connectivity index (χ0v) is 15.6. The summed E-state index contributed by atoms with van der Waals surface area (Å²) in [5.41, 5.74) is 1.48. The van der Waals surface area contributed by atoms with Crippen molar-refractivity contribution in [2.45, 2.75) is 6.54 Å². The van der Waals surface area contributed by atoms with Gasteiger partial charge in [-0.25, -0.2) is 19.2 Å². The van der Waals surface area contributed by atoms with Crippen molar-refractivity contribution in [1.29, 1.82) is 0 Å². The topological polar surface area (TPSA) is 93.3 Å². The molecule has 0 unspecified atom stereocenters. The van der Waals surface area contributed by atoms with Crippen LogP contribution in [0.5, 0.6) is 0 Å². The number of rotatable bonds is 4. The Kier molecular flexibility index (Phi) is 4.99. The molecule has 0 aliphatic carbocycles. The van der Waals surface area contributed by atoms with E-state index in [1.807, 2.05) is 0 Å². The molecule has 0 aliphatic heterocycles. The SMILES string of the molecule is O=C(NO)c1ccc(Cn2c(=O)n(-c3ccccc3F)c(=O)c3ccccc32)cc1. The van der Waals surface area contributed by atoms with E-state index in [1.54, 1.807) is 47.9 Å². The van der Waals surface area contributed by atoms with E-state index in [9.17, 15) is 18.8 Å². The lowest BCUT2D eigenvalue weighted by molar-refractivity contribution is 0.0706. The number of nitrogens with zero attached hydrogens (tertiary/aromatic N) is 2. The van der Waals surface area contributed by atoms with Crippen LogP contribution in [0.1, 0.15) is 15.9 Å². The highest BCUT2D eigenvalue weighted by Gasteiger charge is 2.17. The maximum atomic E-state index is 14.4. The Morgan fingerprint density at radius 3 is 2.30 bits per heavy atom. The monoisotopic (exact) mass is 405 g/mol. The van der Waals surface area contributed by atoms with E-state index in [-0.39, 0.29) is 23.2 Å². The van der Waals surface area contributed by atoms with Crippen LogP contribution in [-0.2, 0) is 6.54 Å². The maximum Gasteiger partial charge on any atom is 0.336 e. The third-order valence-electron chi connectivity index (χ3n) is 4.80. The molecule has 0 saturated carbocycles. The first kappa shape index (κ1) is 19.3. The molecule has 4 aromatic rings. The predicted molar refractivity (Wildman–Crippen MR) is 109 cm³/mol. The summed E-state index contributed by atoms with van der Waals surface area (Å²) >= 11 is 0. The molecule has 7 nitrogen and oxygen atoms in total. The average Bonchev–Trinajstić information content (AvgIpc) is 2.78. The van der Waals surface area contributed by atoms with E-state index < -0.39 is 23.0 Å². The summed E-state index contributed by atoms with van der Waals surface area (Å²) in [4.78, 5) is 37.7. The van der Waals surface area contributed by atoms with Crippen molar-refractivity contribution in [1.82, 2.24) is 14.6 Å². The van der Waals surface area contributed by atoms with E-state index in [0.29, 0.717) is 11.1 Å². The number of carbonyl (C=O) groups is 1. The summed E-state index contributed by atoms with van der Waals surface area (Å²) < 4.78 is 16.6. The van der Waals surface area contributed by atoms with Crippen molar-refractivity contribution in [3.05, 3.63) is 111 Å². The number of para-hydroxylation sites is 2. The summed E-state index contributed by atoms with van der Waals surface area (Å²) in [5, 5.41) is 9.00. The van der Waals surface area contributed by atoms with Gasteiger partial charge in [-0.2, -0.15) is 0 Å². The number of fused-ring (bicyclic) bond motifs is 1. The van der Waals surface area contributed by atoms with Crippen LogP contribution >= 0.6 is 0 Å². The Labute approximate surface area is 169 Å². The normalized spacial score (nSPS) is 10.9. The molecule has 30 heavy (non-hydrogen) atoms. The van der Waals surface area contributed by atoms with Crippen molar-refractivity contribution in [2.24, 2.45) is 0 Å². The fourth-order valence-electron chi connectivity index (χ4n) is 3.33. The summed E-state index contributed by atoms with van der Waals surface area (Å²) in [7, 11) is 0. The third kappa shape index (κ3) is 3.29. The molecule has 0 aliphatic rings. The lowest BCUT2D eigenvalue weighted by atomic mass is 10.1. The first-order chi connectivity index (χ1) is 14.5. The van der Waals surface area contributed by atoms with E-state index in [0.717, 1.165) is 4.57 Å². The van der Waals surface area contributed by atoms with Crippen molar-refractivity contribution >= 4 is 16.8 Å². The fraction of sp³-hybridized carbons (Fsp3) is 0.0455. The molecule has 3 aromatic carbocycles. The second-order valence-electron chi connectivity index (χ2n) is 6.62. The van der Waals surface area contributed by atoms with Crippen LogP contribution in [0, 0.1) is 5.82 Å². The molecular formula is C22H16FN3O4. The van der Waals surface area contributed by atoms with Crippen molar-refractivity contribution in [3.63, 3.8) is 0 Å². The molecule has 0 radical (unpaired) electrons. The first-order valence-electron chi connectivity index (χ1n) is 9.04. The van der Waals surface area contributed by atoms with Crippen molar-refractivity contribution in [3.8, 4) is 5.69 Å². The number of hydrogen-bond acceptors (Lipinski definition) is 4. The first-order valence-corrected chi connectivity index (χ1v) is 9.04. The molecule has 0 atom stereocenters. The van der Waals surface area contributed by atoms with Crippen LogP contribution in [-0.4, -0.2) is 20.2 Å². The molecule has 0 bridgehead atoms. The third-order valence-corrected chi connectivity index (χ3v) is 4.80. The van der Waals surface area contributed by atoms with Gasteiger partial charge >= 0.3 is 5.69 Å². The van der Waals surface area contributed by atoms with Crippen LogP contribution in [0.2, 0.25) is 0 Å². The highest BCUT2D eigenvalue weighted by Crippen LogP contribution is 2.14. The van der Waals surface area contributed by atoms with E-state index in [1.165, 1.54) is 34.9 Å². The van der Waals surface area contributed by atoms with Gasteiger partial charge in [0.25, 0.3) is 11.5 Å². The molecule has 1 amide bonds. The van der Waals surface area contributed by atoms with Gasteiger partial charge in [0.15, 0.2) is 0 Å². The molecule has 0 spiro atoms. The standard InChI is InChI=1S/C22H16FN3O4/c23-17-6-2-4-8-19(17)26-21(28)16-5-1-3-7-18(16)25(22(26)29)13-14-9-11-15(12-10-14)20(27)24-30/h1-12,30H,13H2,(H,24,27). The van der Waals surface area contributed by atoms with Gasteiger partial charge in [-0.05, 0) is 42.0 Å². The molecule has 2 N–H and O–H groups in total. The number of hydrogen-bond donors (Lipinski definition) is 2. The summed E-state index contributed by atoms with van der Waals surface area (Å²) in [6.07, 6.45) is 0. The molecule has 150 valence electrons. The number of halogens is 1. The van der Waals surface area contributed by atoms with Gasteiger partial charge in [0.1, 0.15) is 5.82 Å². The quantitative estimate of drug-likeness (QED) is 0.403. The zero-order valence-electron chi connectivity index (χ0n) is 15.6. The Balaban J connectivity index is 1.92. The lowest BCUT2D eigenvalue weighted by Crippen LogP contribution is -2.39. The number of hydroxylamine groups is 1. The zero-order chi connectivity index (χ0) is 21.3. The molecule has 4 rings (SSSR count). The average molecular weight is 405 g/mol. The van der Waals surface area contributed by atoms with Crippen LogP contribution in [0.3, 0.4) is 0 Å². The largest absolute Gasteiger partial charge is 0.336 e. The van der Waals surface area contributed by atoms with Gasteiger partial charge < -0.3 is 0 Å². The van der Waals surface area contributed by atoms with Crippen LogP contribution in [0.4, 0.5) is 4.39 Å². The molecule has 0 fully saturated rings. The van der Waals surface area contributed by atoms with Crippen molar-refractivity contribution < 1.29 is 14.4 Å². The summed E-state index contributed by atoms with van der Waals surface area (Å²) in [6.45, 7) is 0.0924. The summed E-state index contributed by atoms with van der Waals surface area (Å²) in [5.74, 6) is -1.34. The van der Waals surface area contributed by atoms with Gasteiger partial charge in [-0.1, -0.05) is 36.4 Å². The Morgan fingerprint density at radius 1 is 0.933 bits per heavy atom. The molecule has 1 aromatic heterocycles. The van der Waals surface area contributed by atoms with E-state index >= 15 is 0 Å². The fourth-order valence-corrected chi connectivity index (χ4v) is 3.33.